The molecular formula is C22H28N4O3. The number of aromatic nitrogens is 2. The molecule has 1 aromatic carbocycles. The number of hydrogen-bond donors (Lipinski definition) is 0. The summed E-state index contributed by atoms with van der Waals surface area (Å²) in [6.07, 6.45) is 1.70. The van der Waals surface area contributed by atoms with Crippen molar-refractivity contribution >= 4 is 17.1 Å². The number of nitriles is 1. The Hall–Kier alpha value is -2.88. The molecule has 2 aromatic rings. The predicted octanol–water partition coefficient (Wildman–Crippen LogP) is 3.41. The molecule has 29 heavy (non-hydrogen) atoms. The van der Waals surface area contributed by atoms with E-state index in [0.717, 1.165) is 11.0 Å². The van der Waals surface area contributed by atoms with Gasteiger partial charge >= 0.3 is 6.09 Å². The maximum absolute atomic E-state index is 12.9. The SMILES string of the molecule is Cn1c(=O)c(CC2(CC#N)CCN(C(=O)OC(C)(C)C)CC2)nc2ccccc21. The van der Waals surface area contributed by atoms with Crippen molar-refractivity contribution in [2.24, 2.45) is 12.5 Å². The Balaban J connectivity index is 1.82. The number of carbonyl (C=O) groups excluding carboxylic acids is 1. The molecule has 7 heteroatoms. The molecule has 0 radical (unpaired) electrons. The lowest BCUT2D eigenvalue weighted by Gasteiger charge is -2.40. The number of ether oxygens (including phenoxy) is 1. The number of aryl methyl sites for hydroxylation is 1. The van der Waals surface area contributed by atoms with E-state index in [9.17, 15) is 14.9 Å². The molecule has 0 atom stereocenters. The van der Waals surface area contributed by atoms with Crippen LogP contribution in [0.5, 0.6) is 0 Å². The van der Waals surface area contributed by atoms with E-state index in [-0.39, 0.29) is 17.1 Å². The molecule has 7 nitrogen and oxygen atoms in total. The van der Waals surface area contributed by atoms with Crippen LogP contribution in [0.25, 0.3) is 11.0 Å². The van der Waals surface area contributed by atoms with Gasteiger partial charge in [-0.15, -0.1) is 0 Å². The van der Waals surface area contributed by atoms with Gasteiger partial charge in [0.25, 0.3) is 5.56 Å². The lowest BCUT2D eigenvalue weighted by molar-refractivity contribution is 0.0103. The van der Waals surface area contributed by atoms with Gasteiger partial charge in [-0.05, 0) is 51.2 Å². The third-order valence-electron chi connectivity index (χ3n) is 5.52. The summed E-state index contributed by atoms with van der Waals surface area (Å²) in [5.74, 6) is 0. The molecule has 0 unspecified atom stereocenters. The number of para-hydroxylation sites is 2. The van der Waals surface area contributed by atoms with Crippen LogP contribution in [0.15, 0.2) is 29.1 Å². The minimum absolute atomic E-state index is 0.129. The molecule has 0 aliphatic carbocycles. The second kappa shape index (κ2) is 7.86. The van der Waals surface area contributed by atoms with Crippen molar-refractivity contribution in [2.75, 3.05) is 13.1 Å². The van der Waals surface area contributed by atoms with E-state index in [4.69, 9.17) is 4.74 Å². The fourth-order valence-electron chi connectivity index (χ4n) is 3.88. The molecule has 154 valence electrons. The molecule has 0 spiro atoms. The van der Waals surface area contributed by atoms with Gasteiger partial charge in [0.1, 0.15) is 11.3 Å². The Morgan fingerprint density at radius 2 is 1.93 bits per heavy atom. The number of amides is 1. The topological polar surface area (TPSA) is 88.2 Å². The van der Waals surface area contributed by atoms with Gasteiger partial charge in [-0.3, -0.25) is 4.79 Å². The van der Waals surface area contributed by atoms with E-state index in [0.29, 0.717) is 44.5 Å². The fourth-order valence-corrected chi connectivity index (χ4v) is 3.88. The average molecular weight is 396 g/mol. The summed E-state index contributed by atoms with van der Waals surface area (Å²) in [6, 6.07) is 9.82. The first-order chi connectivity index (χ1) is 13.6. The Kier molecular flexibility index (Phi) is 5.65. The molecular weight excluding hydrogens is 368 g/mol. The van der Waals surface area contributed by atoms with Crippen molar-refractivity contribution in [2.45, 2.75) is 52.1 Å². The predicted molar refractivity (Wildman–Crippen MR) is 110 cm³/mol. The van der Waals surface area contributed by atoms with Gasteiger partial charge in [-0.25, -0.2) is 9.78 Å². The van der Waals surface area contributed by atoms with Gasteiger partial charge in [0, 0.05) is 33.0 Å². The number of nitrogens with zero attached hydrogens (tertiary/aromatic N) is 4. The summed E-state index contributed by atoms with van der Waals surface area (Å²) in [6.45, 7) is 6.54. The molecule has 0 N–H and O–H groups in total. The third kappa shape index (κ3) is 4.58. The molecule has 2 heterocycles. The monoisotopic (exact) mass is 396 g/mol. The van der Waals surface area contributed by atoms with Crippen LogP contribution in [0.4, 0.5) is 4.79 Å². The zero-order valence-electron chi connectivity index (χ0n) is 17.6. The molecule has 1 saturated heterocycles. The van der Waals surface area contributed by atoms with E-state index in [1.54, 1.807) is 16.5 Å². The van der Waals surface area contributed by atoms with E-state index in [2.05, 4.69) is 11.1 Å². The van der Waals surface area contributed by atoms with Gasteiger partial charge in [0.15, 0.2) is 0 Å². The Bertz CT molecular complexity index is 1010. The first kappa shape index (κ1) is 20.8. The molecule has 1 aliphatic rings. The van der Waals surface area contributed by atoms with Crippen molar-refractivity contribution in [3.8, 4) is 6.07 Å². The Morgan fingerprint density at radius 3 is 2.55 bits per heavy atom. The first-order valence-corrected chi connectivity index (χ1v) is 9.94. The van der Waals surface area contributed by atoms with Crippen molar-refractivity contribution < 1.29 is 9.53 Å². The van der Waals surface area contributed by atoms with Crippen LogP contribution in [0.1, 0.15) is 45.7 Å². The maximum Gasteiger partial charge on any atom is 0.410 e. The number of rotatable bonds is 3. The Morgan fingerprint density at radius 1 is 1.28 bits per heavy atom. The van der Waals surface area contributed by atoms with E-state index in [1.807, 2.05) is 45.0 Å². The summed E-state index contributed by atoms with van der Waals surface area (Å²) in [4.78, 5) is 31.5. The fraction of sp³-hybridized carbons (Fsp3) is 0.545. The van der Waals surface area contributed by atoms with E-state index < -0.39 is 5.60 Å². The molecule has 1 aromatic heterocycles. The molecule has 3 rings (SSSR count). The molecule has 0 bridgehead atoms. The van der Waals surface area contributed by atoms with E-state index in [1.165, 1.54) is 0 Å². The van der Waals surface area contributed by atoms with Crippen molar-refractivity contribution in [3.63, 3.8) is 0 Å². The van der Waals surface area contributed by atoms with Gasteiger partial charge in [0.2, 0.25) is 0 Å². The smallest absolute Gasteiger partial charge is 0.410 e. The molecule has 0 saturated carbocycles. The minimum Gasteiger partial charge on any atom is -0.444 e. The lowest BCUT2D eigenvalue weighted by Crippen LogP contribution is -2.46. The minimum atomic E-state index is -0.542. The molecule has 1 fully saturated rings. The summed E-state index contributed by atoms with van der Waals surface area (Å²) in [5, 5.41) is 9.43. The highest BCUT2D eigenvalue weighted by atomic mass is 16.6. The van der Waals surface area contributed by atoms with Crippen LogP contribution < -0.4 is 5.56 Å². The second-order valence-corrected chi connectivity index (χ2v) is 8.89. The van der Waals surface area contributed by atoms with Gasteiger partial charge in [0.05, 0.1) is 17.1 Å². The number of benzene rings is 1. The van der Waals surface area contributed by atoms with Crippen LogP contribution in [-0.4, -0.2) is 39.2 Å². The number of piperidine rings is 1. The normalized spacial score (nSPS) is 16.4. The van der Waals surface area contributed by atoms with Crippen molar-refractivity contribution in [1.29, 1.82) is 5.26 Å². The van der Waals surface area contributed by atoms with Crippen molar-refractivity contribution in [1.82, 2.24) is 14.5 Å². The number of likely N-dealkylation sites (tertiary alicyclic amines) is 1. The zero-order chi connectivity index (χ0) is 21.2. The number of carbonyl (C=O) groups is 1. The molecule has 1 amide bonds. The lowest BCUT2D eigenvalue weighted by atomic mass is 9.72. The van der Waals surface area contributed by atoms with Gasteiger partial charge in [-0.1, -0.05) is 12.1 Å². The first-order valence-electron chi connectivity index (χ1n) is 9.94. The highest BCUT2D eigenvalue weighted by Crippen LogP contribution is 2.38. The summed E-state index contributed by atoms with van der Waals surface area (Å²) in [7, 11) is 1.75. The third-order valence-corrected chi connectivity index (χ3v) is 5.52. The van der Waals surface area contributed by atoms with Gasteiger partial charge < -0.3 is 14.2 Å². The summed E-state index contributed by atoms with van der Waals surface area (Å²) < 4.78 is 7.08. The Labute approximate surface area is 170 Å². The second-order valence-electron chi connectivity index (χ2n) is 8.89. The highest BCUT2D eigenvalue weighted by Gasteiger charge is 2.38. The number of hydrogen-bond acceptors (Lipinski definition) is 5. The zero-order valence-corrected chi connectivity index (χ0v) is 17.6. The quantitative estimate of drug-likeness (QED) is 0.793. The molecule has 1 aliphatic heterocycles. The van der Waals surface area contributed by atoms with Crippen LogP contribution in [0.3, 0.4) is 0 Å². The maximum atomic E-state index is 12.9. The summed E-state index contributed by atoms with van der Waals surface area (Å²) in [5.41, 5.74) is 0.995. The standard InChI is InChI=1S/C22H28N4O3/c1-21(2,3)29-20(28)26-13-10-22(9-12-23,11-14-26)15-17-19(27)25(4)18-8-6-5-7-16(18)24-17/h5-8H,9-11,13-15H2,1-4H3. The van der Waals surface area contributed by atoms with Crippen LogP contribution in [0, 0.1) is 16.7 Å². The summed E-state index contributed by atoms with van der Waals surface area (Å²) >= 11 is 0. The van der Waals surface area contributed by atoms with Crippen LogP contribution >= 0.6 is 0 Å². The van der Waals surface area contributed by atoms with Crippen LogP contribution in [-0.2, 0) is 18.2 Å². The largest absolute Gasteiger partial charge is 0.444 e. The van der Waals surface area contributed by atoms with E-state index >= 15 is 0 Å². The highest BCUT2D eigenvalue weighted by molar-refractivity contribution is 5.74. The van der Waals surface area contributed by atoms with Crippen LogP contribution in [0.2, 0.25) is 0 Å². The number of fused-ring (bicyclic) bond motifs is 1. The van der Waals surface area contributed by atoms with Crippen molar-refractivity contribution in [3.05, 3.63) is 40.3 Å². The van der Waals surface area contributed by atoms with Gasteiger partial charge in [-0.2, -0.15) is 5.26 Å². The average Bonchev–Trinajstić information content (AvgIpc) is 2.65.